The number of imidazole rings is 1. The molecule has 4 heterocycles. The average molecular weight is 416 g/mol. The van der Waals surface area contributed by atoms with Gasteiger partial charge in [-0.3, -0.25) is 14.6 Å². The van der Waals surface area contributed by atoms with Crippen LogP contribution in [0.1, 0.15) is 35.6 Å². The number of benzene rings is 1. The molecule has 1 aliphatic rings. The maximum atomic E-state index is 4.80. The lowest BCUT2D eigenvalue weighted by molar-refractivity contribution is 0.185. The minimum Gasteiger partial charge on any atom is -0.342 e. The number of aryl methyl sites for hydroxylation is 2. The molecular formula is C24H29N7. The van der Waals surface area contributed by atoms with Crippen LogP contribution in [0.3, 0.4) is 0 Å². The van der Waals surface area contributed by atoms with Crippen LogP contribution in [0.25, 0.3) is 22.3 Å². The van der Waals surface area contributed by atoms with E-state index in [1.54, 1.807) is 0 Å². The van der Waals surface area contributed by atoms with Gasteiger partial charge >= 0.3 is 0 Å². The second-order valence-corrected chi connectivity index (χ2v) is 8.43. The Morgan fingerprint density at radius 1 is 1.13 bits per heavy atom. The Labute approximate surface area is 182 Å². The Hall–Kier alpha value is -3.03. The van der Waals surface area contributed by atoms with Crippen molar-refractivity contribution in [3.8, 4) is 11.3 Å². The van der Waals surface area contributed by atoms with Gasteiger partial charge in [-0.15, -0.1) is 0 Å². The molecule has 1 saturated heterocycles. The smallest absolute Gasteiger partial charge is 0.113 e. The first-order valence-corrected chi connectivity index (χ1v) is 11.0. The number of nitrogens with one attached hydrogen (secondary N) is 2. The molecule has 0 amide bonds. The van der Waals surface area contributed by atoms with Crippen molar-refractivity contribution in [3.63, 3.8) is 0 Å². The van der Waals surface area contributed by atoms with Crippen molar-refractivity contribution < 1.29 is 0 Å². The molecule has 0 aliphatic carbocycles. The van der Waals surface area contributed by atoms with Crippen molar-refractivity contribution >= 4 is 11.0 Å². The first kappa shape index (κ1) is 19.9. The summed E-state index contributed by atoms with van der Waals surface area (Å²) in [7, 11) is 1.98. The van der Waals surface area contributed by atoms with E-state index in [2.05, 4.69) is 69.5 Å². The highest BCUT2D eigenvalue weighted by atomic mass is 15.3. The summed E-state index contributed by atoms with van der Waals surface area (Å²) in [5.41, 5.74) is 7.82. The molecule has 7 nitrogen and oxygen atoms in total. The normalized spacial score (nSPS) is 16.1. The zero-order valence-corrected chi connectivity index (χ0v) is 18.4. The lowest BCUT2D eigenvalue weighted by atomic mass is 10.1. The van der Waals surface area contributed by atoms with E-state index >= 15 is 0 Å². The van der Waals surface area contributed by atoms with Crippen LogP contribution < -0.4 is 5.32 Å². The highest BCUT2D eigenvalue weighted by Gasteiger charge is 2.18. The molecule has 0 radical (unpaired) electrons. The molecule has 0 spiro atoms. The SMILES string of the molecule is Cc1cnn(C)c1-c1ccc2nc(Cc3cc(C(C)N4CCNCC4)ccn3)[nH]c2c1. The number of fused-ring (bicyclic) bond motifs is 1. The van der Waals surface area contributed by atoms with Crippen LogP contribution in [0, 0.1) is 6.92 Å². The van der Waals surface area contributed by atoms with Crippen LogP contribution in [0.4, 0.5) is 0 Å². The van der Waals surface area contributed by atoms with Gasteiger partial charge in [0.2, 0.25) is 0 Å². The molecule has 1 fully saturated rings. The van der Waals surface area contributed by atoms with Gasteiger partial charge < -0.3 is 10.3 Å². The van der Waals surface area contributed by atoms with Gasteiger partial charge in [0.15, 0.2) is 0 Å². The Balaban J connectivity index is 1.38. The Morgan fingerprint density at radius 2 is 1.97 bits per heavy atom. The predicted molar refractivity (Wildman–Crippen MR) is 123 cm³/mol. The van der Waals surface area contributed by atoms with Gasteiger partial charge in [0.1, 0.15) is 5.82 Å². The summed E-state index contributed by atoms with van der Waals surface area (Å²) < 4.78 is 1.92. The second-order valence-electron chi connectivity index (χ2n) is 8.43. The molecule has 7 heteroatoms. The zero-order valence-electron chi connectivity index (χ0n) is 18.4. The highest BCUT2D eigenvalue weighted by molar-refractivity contribution is 5.81. The van der Waals surface area contributed by atoms with E-state index in [0.29, 0.717) is 12.5 Å². The van der Waals surface area contributed by atoms with E-state index < -0.39 is 0 Å². The number of aromatic amines is 1. The topological polar surface area (TPSA) is 74.7 Å². The number of hydrogen-bond acceptors (Lipinski definition) is 5. The monoisotopic (exact) mass is 415 g/mol. The van der Waals surface area contributed by atoms with Gasteiger partial charge in [0.25, 0.3) is 0 Å². The largest absolute Gasteiger partial charge is 0.342 e. The van der Waals surface area contributed by atoms with Crippen LogP contribution in [0.5, 0.6) is 0 Å². The standard InChI is InChI=1S/C24H29N7/c1-16-15-27-30(3)24(16)19-4-5-21-22(13-19)29-23(28-21)14-20-12-18(6-7-26-20)17(2)31-10-8-25-9-11-31/h4-7,12-13,15,17,25H,8-11,14H2,1-3H3,(H,28,29). The Morgan fingerprint density at radius 3 is 2.74 bits per heavy atom. The maximum Gasteiger partial charge on any atom is 0.113 e. The molecule has 2 N–H and O–H groups in total. The summed E-state index contributed by atoms with van der Waals surface area (Å²) in [6, 6.07) is 11.1. The molecule has 1 aliphatic heterocycles. The van der Waals surface area contributed by atoms with Crippen molar-refractivity contribution in [2.75, 3.05) is 26.2 Å². The average Bonchev–Trinajstić information content (AvgIpc) is 3.35. The van der Waals surface area contributed by atoms with E-state index in [1.807, 2.05) is 24.1 Å². The van der Waals surface area contributed by atoms with Gasteiger partial charge in [0, 0.05) is 63.1 Å². The third-order valence-corrected chi connectivity index (χ3v) is 6.30. The van der Waals surface area contributed by atoms with E-state index in [9.17, 15) is 0 Å². The zero-order chi connectivity index (χ0) is 21.4. The van der Waals surface area contributed by atoms with E-state index in [0.717, 1.165) is 60.0 Å². The van der Waals surface area contributed by atoms with E-state index in [4.69, 9.17) is 4.98 Å². The fourth-order valence-electron chi connectivity index (χ4n) is 4.56. The molecule has 160 valence electrons. The quantitative estimate of drug-likeness (QED) is 0.524. The molecule has 31 heavy (non-hydrogen) atoms. The van der Waals surface area contributed by atoms with E-state index in [1.165, 1.54) is 11.1 Å². The first-order chi connectivity index (χ1) is 15.1. The Kier molecular flexibility index (Phi) is 5.29. The summed E-state index contributed by atoms with van der Waals surface area (Å²) >= 11 is 0. The van der Waals surface area contributed by atoms with Crippen molar-refractivity contribution in [2.45, 2.75) is 26.3 Å². The first-order valence-electron chi connectivity index (χ1n) is 11.0. The minimum absolute atomic E-state index is 0.393. The molecular weight excluding hydrogens is 386 g/mol. The van der Waals surface area contributed by atoms with Gasteiger partial charge in [0.05, 0.1) is 22.9 Å². The molecule has 1 unspecified atom stereocenters. The number of aromatic nitrogens is 5. The number of nitrogens with zero attached hydrogens (tertiary/aromatic N) is 5. The molecule has 0 bridgehead atoms. The summed E-state index contributed by atoms with van der Waals surface area (Å²) in [5.74, 6) is 0.938. The summed E-state index contributed by atoms with van der Waals surface area (Å²) in [6.07, 6.45) is 4.52. The van der Waals surface area contributed by atoms with Crippen molar-refractivity contribution in [1.29, 1.82) is 0 Å². The summed E-state index contributed by atoms with van der Waals surface area (Å²) in [4.78, 5) is 15.4. The molecule has 1 aromatic carbocycles. The van der Waals surface area contributed by atoms with Crippen LogP contribution in [-0.4, -0.2) is 55.8 Å². The third kappa shape index (κ3) is 3.98. The van der Waals surface area contributed by atoms with Gasteiger partial charge in [-0.1, -0.05) is 6.07 Å². The Bertz CT molecular complexity index is 1180. The van der Waals surface area contributed by atoms with Crippen molar-refractivity contribution in [1.82, 2.24) is 34.9 Å². The summed E-state index contributed by atoms with van der Waals surface area (Å²) in [6.45, 7) is 8.66. The third-order valence-electron chi connectivity index (χ3n) is 6.30. The van der Waals surface area contributed by atoms with Gasteiger partial charge in [-0.05, 0) is 49.2 Å². The summed E-state index contributed by atoms with van der Waals surface area (Å²) in [5, 5.41) is 7.79. The fourth-order valence-corrected chi connectivity index (χ4v) is 4.56. The number of hydrogen-bond donors (Lipinski definition) is 2. The van der Waals surface area contributed by atoms with Gasteiger partial charge in [-0.25, -0.2) is 4.98 Å². The van der Waals surface area contributed by atoms with Crippen LogP contribution in [-0.2, 0) is 13.5 Å². The lowest BCUT2D eigenvalue weighted by Crippen LogP contribution is -2.44. The minimum atomic E-state index is 0.393. The molecule has 1 atom stereocenters. The number of piperazine rings is 1. The second kappa shape index (κ2) is 8.24. The van der Waals surface area contributed by atoms with Crippen molar-refractivity contribution in [2.24, 2.45) is 7.05 Å². The number of H-pyrrole nitrogens is 1. The fraction of sp³-hybridized carbons (Fsp3) is 0.375. The molecule has 3 aromatic heterocycles. The lowest BCUT2D eigenvalue weighted by Gasteiger charge is -2.33. The van der Waals surface area contributed by atoms with Crippen LogP contribution in [0.15, 0.2) is 42.7 Å². The highest BCUT2D eigenvalue weighted by Crippen LogP contribution is 2.26. The van der Waals surface area contributed by atoms with Crippen LogP contribution in [0.2, 0.25) is 0 Å². The van der Waals surface area contributed by atoms with Crippen LogP contribution >= 0.6 is 0 Å². The van der Waals surface area contributed by atoms with Gasteiger partial charge in [-0.2, -0.15) is 5.10 Å². The molecule has 0 saturated carbocycles. The predicted octanol–water partition coefficient (Wildman–Crippen LogP) is 3.22. The maximum absolute atomic E-state index is 4.80. The van der Waals surface area contributed by atoms with Crippen molar-refractivity contribution in [3.05, 3.63) is 65.4 Å². The molecule has 4 aromatic rings. The molecule has 5 rings (SSSR count). The number of pyridine rings is 1. The number of rotatable bonds is 5. The van der Waals surface area contributed by atoms with E-state index in [-0.39, 0.29) is 0 Å².